The molecule has 0 unspecified atom stereocenters. The molecule has 0 aromatic rings. The fourth-order valence-corrected chi connectivity index (χ4v) is 1.53. The van der Waals surface area contributed by atoms with Gasteiger partial charge in [0.1, 0.15) is 0 Å². The lowest BCUT2D eigenvalue weighted by atomic mass is 9.98. The smallest absolute Gasteiger partial charge is 0.0479 e. The summed E-state index contributed by atoms with van der Waals surface area (Å²) in [6.45, 7) is 6.35. The van der Waals surface area contributed by atoms with Gasteiger partial charge in [-0.05, 0) is 33.3 Å². The van der Waals surface area contributed by atoms with Crippen molar-refractivity contribution in [2.45, 2.75) is 20.8 Å². The standard InChI is InChI=1S/C10H16S2/c1-10(2,3)8-6-7-9(11-4)12-5/h7H,1-5H3. The molecule has 2 heteroatoms. The van der Waals surface area contributed by atoms with Crippen molar-refractivity contribution in [3.63, 3.8) is 0 Å². The number of rotatable bonds is 2. The molecule has 0 rings (SSSR count). The van der Waals surface area contributed by atoms with Crippen LogP contribution >= 0.6 is 23.5 Å². The monoisotopic (exact) mass is 200 g/mol. The minimum atomic E-state index is 0.110. The molecule has 0 aromatic carbocycles. The zero-order chi connectivity index (χ0) is 9.61. The van der Waals surface area contributed by atoms with Gasteiger partial charge in [0.2, 0.25) is 0 Å². The molecule has 0 atom stereocenters. The first-order chi connectivity index (χ1) is 5.49. The van der Waals surface area contributed by atoms with E-state index in [1.54, 1.807) is 23.5 Å². The molecule has 0 aliphatic carbocycles. The van der Waals surface area contributed by atoms with E-state index in [1.165, 1.54) is 4.24 Å². The van der Waals surface area contributed by atoms with Crippen LogP contribution in [0.5, 0.6) is 0 Å². The van der Waals surface area contributed by atoms with Crippen molar-refractivity contribution in [3.8, 4) is 11.8 Å². The summed E-state index contributed by atoms with van der Waals surface area (Å²) in [5.74, 6) is 6.24. The fourth-order valence-electron chi connectivity index (χ4n) is 0.513. The molecule has 0 spiro atoms. The van der Waals surface area contributed by atoms with Crippen molar-refractivity contribution >= 4 is 23.5 Å². The van der Waals surface area contributed by atoms with E-state index in [0.29, 0.717) is 0 Å². The lowest BCUT2D eigenvalue weighted by Crippen LogP contribution is -1.98. The summed E-state index contributed by atoms with van der Waals surface area (Å²) in [6, 6.07) is 0. The Bertz CT molecular complexity index is 204. The third-order valence-electron chi connectivity index (χ3n) is 1.04. The molecule has 0 amide bonds. The van der Waals surface area contributed by atoms with Gasteiger partial charge in [0.15, 0.2) is 0 Å². The largest absolute Gasteiger partial charge is 0.122 e. The van der Waals surface area contributed by atoms with Crippen LogP contribution in [0.15, 0.2) is 10.3 Å². The van der Waals surface area contributed by atoms with Crippen LogP contribution in [-0.4, -0.2) is 12.5 Å². The van der Waals surface area contributed by atoms with E-state index in [0.717, 1.165) is 0 Å². The number of hydrogen-bond acceptors (Lipinski definition) is 2. The number of allylic oxidation sites excluding steroid dienone is 1. The molecular formula is C10H16S2. The molecule has 0 aliphatic heterocycles. The third kappa shape index (κ3) is 6.69. The van der Waals surface area contributed by atoms with Crippen LogP contribution in [0.25, 0.3) is 0 Å². The van der Waals surface area contributed by atoms with Crippen LogP contribution in [0, 0.1) is 17.3 Å². The predicted molar refractivity (Wildman–Crippen MR) is 62.3 cm³/mol. The van der Waals surface area contributed by atoms with Crippen molar-refractivity contribution in [2.24, 2.45) is 5.41 Å². The maximum atomic E-state index is 3.17. The summed E-state index contributed by atoms with van der Waals surface area (Å²) >= 11 is 3.48. The first kappa shape index (κ1) is 12.0. The highest BCUT2D eigenvalue weighted by molar-refractivity contribution is 8.21. The highest BCUT2D eigenvalue weighted by Gasteiger charge is 2.02. The van der Waals surface area contributed by atoms with Gasteiger partial charge in [-0.25, -0.2) is 0 Å². The second kappa shape index (κ2) is 5.61. The minimum Gasteiger partial charge on any atom is -0.122 e. The van der Waals surface area contributed by atoms with E-state index in [-0.39, 0.29) is 5.41 Å². The Kier molecular flexibility index (Phi) is 5.61. The molecule has 0 heterocycles. The molecule has 0 saturated carbocycles. The predicted octanol–water partition coefficient (Wildman–Crippen LogP) is 3.60. The number of hydrogen-bond donors (Lipinski definition) is 0. The summed E-state index contributed by atoms with van der Waals surface area (Å²) in [5.41, 5.74) is 0.110. The third-order valence-corrected chi connectivity index (χ3v) is 3.08. The molecule has 0 aliphatic rings. The van der Waals surface area contributed by atoms with Crippen LogP contribution in [0.3, 0.4) is 0 Å². The zero-order valence-corrected chi connectivity index (χ0v) is 10.0. The molecule has 0 N–H and O–H groups in total. The Hall–Kier alpha value is -0.0000000000000000555. The van der Waals surface area contributed by atoms with Crippen LogP contribution < -0.4 is 0 Å². The van der Waals surface area contributed by atoms with Gasteiger partial charge in [0.05, 0.1) is 0 Å². The van der Waals surface area contributed by atoms with Crippen molar-refractivity contribution in [2.75, 3.05) is 12.5 Å². The van der Waals surface area contributed by atoms with Gasteiger partial charge in [0, 0.05) is 15.7 Å². The Morgan fingerprint density at radius 1 is 1.17 bits per heavy atom. The summed E-state index contributed by atoms with van der Waals surface area (Å²) in [7, 11) is 0. The van der Waals surface area contributed by atoms with Crippen LogP contribution in [0.1, 0.15) is 20.8 Å². The second-order valence-electron chi connectivity index (χ2n) is 3.39. The highest BCUT2D eigenvalue weighted by Crippen LogP contribution is 2.22. The minimum absolute atomic E-state index is 0.110. The van der Waals surface area contributed by atoms with Gasteiger partial charge in [-0.15, -0.1) is 23.5 Å². The summed E-state index contributed by atoms with van der Waals surface area (Å²) < 4.78 is 1.27. The normalized spacial score (nSPS) is 10.1. The first-order valence-electron chi connectivity index (χ1n) is 3.80. The first-order valence-corrected chi connectivity index (χ1v) is 6.25. The molecule has 0 radical (unpaired) electrons. The zero-order valence-electron chi connectivity index (χ0n) is 8.39. The fraction of sp³-hybridized carbons (Fsp3) is 0.600. The molecule has 68 valence electrons. The van der Waals surface area contributed by atoms with E-state index in [9.17, 15) is 0 Å². The van der Waals surface area contributed by atoms with Crippen molar-refractivity contribution in [1.82, 2.24) is 0 Å². The van der Waals surface area contributed by atoms with Crippen molar-refractivity contribution < 1.29 is 0 Å². The van der Waals surface area contributed by atoms with E-state index in [2.05, 4.69) is 45.1 Å². The van der Waals surface area contributed by atoms with E-state index >= 15 is 0 Å². The lowest BCUT2D eigenvalue weighted by Gasteiger charge is -2.06. The Morgan fingerprint density at radius 3 is 2.00 bits per heavy atom. The number of thioether (sulfide) groups is 2. The molecular weight excluding hydrogens is 184 g/mol. The van der Waals surface area contributed by atoms with Gasteiger partial charge in [0.25, 0.3) is 0 Å². The van der Waals surface area contributed by atoms with E-state index in [1.807, 2.05) is 6.08 Å². The van der Waals surface area contributed by atoms with Gasteiger partial charge in [-0.1, -0.05) is 11.8 Å². The van der Waals surface area contributed by atoms with Crippen molar-refractivity contribution in [3.05, 3.63) is 10.3 Å². The average molecular weight is 200 g/mol. The Labute approximate surface area is 84.6 Å². The SMILES string of the molecule is CSC(=CC#CC(C)(C)C)SC. The molecule has 0 aromatic heterocycles. The van der Waals surface area contributed by atoms with Gasteiger partial charge >= 0.3 is 0 Å². The summed E-state index contributed by atoms with van der Waals surface area (Å²) in [6.07, 6.45) is 6.13. The van der Waals surface area contributed by atoms with Crippen LogP contribution in [0.2, 0.25) is 0 Å². The molecule has 12 heavy (non-hydrogen) atoms. The second-order valence-corrected chi connectivity index (χ2v) is 5.35. The highest BCUT2D eigenvalue weighted by atomic mass is 32.2. The molecule has 0 fully saturated rings. The quantitative estimate of drug-likeness (QED) is 0.625. The van der Waals surface area contributed by atoms with Gasteiger partial charge < -0.3 is 0 Å². The summed E-state index contributed by atoms with van der Waals surface area (Å²) in [4.78, 5) is 0. The van der Waals surface area contributed by atoms with Gasteiger partial charge in [-0.2, -0.15) is 0 Å². The molecule has 0 bridgehead atoms. The maximum absolute atomic E-state index is 3.17. The Morgan fingerprint density at radius 2 is 1.67 bits per heavy atom. The van der Waals surface area contributed by atoms with Crippen LogP contribution in [-0.2, 0) is 0 Å². The lowest BCUT2D eigenvalue weighted by molar-refractivity contribution is 0.571. The van der Waals surface area contributed by atoms with Crippen LogP contribution in [0.4, 0.5) is 0 Å². The average Bonchev–Trinajstić information content (AvgIpc) is 1.96. The Balaban J connectivity index is 4.24. The van der Waals surface area contributed by atoms with Crippen molar-refractivity contribution in [1.29, 1.82) is 0 Å². The van der Waals surface area contributed by atoms with E-state index < -0.39 is 0 Å². The topological polar surface area (TPSA) is 0 Å². The van der Waals surface area contributed by atoms with Gasteiger partial charge in [-0.3, -0.25) is 0 Å². The molecule has 0 nitrogen and oxygen atoms in total. The summed E-state index contributed by atoms with van der Waals surface area (Å²) in [5, 5.41) is 0. The maximum Gasteiger partial charge on any atom is 0.0479 e. The van der Waals surface area contributed by atoms with E-state index in [4.69, 9.17) is 0 Å². The molecule has 0 saturated heterocycles.